The summed E-state index contributed by atoms with van der Waals surface area (Å²) >= 11 is 3.23. The van der Waals surface area contributed by atoms with Crippen molar-refractivity contribution in [3.05, 3.63) is 28.5 Å². The summed E-state index contributed by atoms with van der Waals surface area (Å²) in [5.74, 6) is 0.824. The molecule has 15 heavy (non-hydrogen) atoms. The quantitative estimate of drug-likeness (QED) is 0.773. The van der Waals surface area contributed by atoms with Crippen molar-refractivity contribution >= 4 is 15.9 Å². The van der Waals surface area contributed by atoms with Crippen molar-refractivity contribution in [3.63, 3.8) is 0 Å². The van der Waals surface area contributed by atoms with Crippen molar-refractivity contribution in [3.8, 4) is 5.75 Å². The van der Waals surface area contributed by atoms with Crippen molar-refractivity contribution < 1.29 is 9.13 Å². The molecule has 0 radical (unpaired) electrons. The van der Waals surface area contributed by atoms with E-state index in [-0.39, 0.29) is 5.82 Å². The lowest BCUT2D eigenvalue weighted by atomic mass is 10.1. The number of ether oxygens (including phenoxy) is 1. The monoisotopic (exact) mass is 274 g/mol. The molecule has 3 heteroatoms. The van der Waals surface area contributed by atoms with Gasteiger partial charge in [-0.15, -0.1) is 0 Å². The van der Waals surface area contributed by atoms with Crippen LogP contribution in [0.3, 0.4) is 0 Å². The number of hydrogen-bond donors (Lipinski definition) is 0. The van der Waals surface area contributed by atoms with Gasteiger partial charge in [-0.2, -0.15) is 0 Å². The first-order valence-electron chi connectivity index (χ1n) is 5.20. The molecular weight excluding hydrogens is 259 g/mol. The second-order valence-corrected chi connectivity index (χ2v) is 4.73. The Labute approximate surface area is 98.8 Å². The minimum Gasteiger partial charge on any atom is -0.493 e. The van der Waals surface area contributed by atoms with Crippen LogP contribution in [0.2, 0.25) is 0 Å². The minimum absolute atomic E-state index is 0.275. The Morgan fingerprint density at radius 2 is 2.13 bits per heavy atom. The van der Waals surface area contributed by atoms with Gasteiger partial charge in [-0.3, -0.25) is 0 Å². The van der Waals surface area contributed by atoms with E-state index in [1.54, 1.807) is 6.07 Å². The SMILES string of the molecule is CCCC(C)COc1cc(F)cc(Br)c1. The lowest BCUT2D eigenvalue weighted by Crippen LogP contribution is -2.08. The summed E-state index contributed by atoms with van der Waals surface area (Å²) < 4.78 is 19.2. The van der Waals surface area contributed by atoms with Gasteiger partial charge in [0.15, 0.2) is 0 Å². The molecule has 1 atom stereocenters. The maximum atomic E-state index is 13.0. The molecular formula is C12H16BrFO. The molecule has 0 N–H and O–H groups in total. The second-order valence-electron chi connectivity index (χ2n) is 3.81. The average Bonchev–Trinajstić information content (AvgIpc) is 2.14. The fraction of sp³-hybridized carbons (Fsp3) is 0.500. The summed E-state index contributed by atoms with van der Waals surface area (Å²) in [6.45, 7) is 4.93. The van der Waals surface area contributed by atoms with Gasteiger partial charge in [0.1, 0.15) is 11.6 Å². The standard InChI is InChI=1S/C12H16BrFO/c1-3-4-9(2)8-15-12-6-10(13)5-11(14)7-12/h5-7,9H,3-4,8H2,1-2H3. The third-order valence-corrected chi connectivity index (χ3v) is 2.61. The highest BCUT2D eigenvalue weighted by atomic mass is 79.9. The van der Waals surface area contributed by atoms with Gasteiger partial charge in [0, 0.05) is 10.5 Å². The van der Waals surface area contributed by atoms with E-state index in [1.165, 1.54) is 12.1 Å². The molecule has 0 aliphatic rings. The van der Waals surface area contributed by atoms with Crippen LogP contribution in [0.15, 0.2) is 22.7 Å². The summed E-state index contributed by atoms with van der Waals surface area (Å²) in [4.78, 5) is 0. The Balaban J connectivity index is 2.50. The number of rotatable bonds is 5. The van der Waals surface area contributed by atoms with Crippen molar-refractivity contribution in [2.75, 3.05) is 6.61 Å². The van der Waals surface area contributed by atoms with Crippen LogP contribution in [0.1, 0.15) is 26.7 Å². The van der Waals surface area contributed by atoms with Crippen LogP contribution in [0.25, 0.3) is 0 Å². The lowest BCUT2D eigenvalue weighted by molar-refractivity contribution is 0.250. The van der Waals surface area contributed by atoms with Crippen LogP contribution >= 0.6 is 15.9 Å². The zero-order valence-corrected chi connectivity index (χ0v) is 10.7. The Kier molecular flexibility index (Phi) is 5.09. The van der Waals surface area contributed by atoms with Gasteiger partial charge in [-0.05, 0) is 24.5 Å². The van der Waals surface area contributed by atoms with Gasteiger partial charge in [-0.1, -0.05) is 36.2 Å². The van der Waals surface area contributed by atoms with Crippen molar-refractivity contribution in [2.45, 2.75) is 26.7 Å². The topological polar surface area (TPSA) is 9.23 Å². The number of hydrogen-bond acceptors (Lipinski definition) is 1. The Morgan fingerprint density at radius 1 is 1.40 bits per heavy atom. The largest absolute Gasteiger partial charge is 0.493 e. The molecule has 0 spiro atoms. The molecule has 0 saturated heterocycles. The van der Waals surface area contributed by atoms with Crippen molar-refractivity contribution in [2.24, 2.45) is 5.92 Å². The van der Waals surface area contributed by atoms with Crippen LogP contribution in [-0.2, 0) is 0 Å². The first kappa shape index (κ1) is 12.5. The van der Waals surface area contributed by atoms with Crippen LogP contribution < -0.4 is 4.74 Å². The lowest BCUT2D eigenvalue weighted by Gasteiger charge is -2.12. The molecule has 1 aromatic carbocycles. The van der Waals surface area contributed by atoms with Crippen LogP contribution in [0.5, 0.6) is 5.75 Å². The van der Waals surface area contributed by atoms with Crippen molar-refractivity contribution in [1.29, 1.82) is 0 Å². The summed E-state index contributed by atoms with van der Waals surface area (Å²) in [6.07, 6.45) is 2.29. The second kappa shape index (κ2) is 6.11. The maximum Gasteiger partial charge on any atom is 0.128 e. The van der Waals surface area contributed by atoms with Crippen LogP contribution in [-0.4, -0.2) is 6.61 Å². The average molecular weight is 275 g/mol. The Hall–Kier alpha value is -0.570. The first-order chi connectivity index (χ1) is 7.11. The number of benzene rings is 1. The summed E-state index contributed by atoms with van der Waals surface area (Å²) in [6, 6.07) is 4.60. The van der Waals surface area contributed by atoms with E-state index < -0.39 is 0 Å². The smallest absolute Gasteiger partial charge is 0.128 e. The van der Waals surface area contributed by atoms with Gasteiger partial charge < -0.3 is 4.74 Å². The predicted molar refractivity (Wildman–Crippen MR) is 63.7 cm³/mol. The van der Waals surface area contributed by atoms with E-state index in [2.05, 4.69) is 29.8 Å². The fourth-order valence-corrected chi connectivity index (χ4v) is 1.87. The molecule has 0 amide bonds. The minimum atomic E-state index is -0.275. The van der Waals surface area contributed by atoms with Gasteiger partial charge >= 0.3 is 0 Å². The zero-order valence-electron chi connectivity index (χ0n) is 9.09. The third kappa shape index (κ3) is 4.65. The van der Waals surface area contributed by atoms with Crippen molar-refractivity contribution in [1.82, 2.24) is 0 Å². The highest BCUT2D eigenvalue weighted by Crippen LogP contribution is 2.21. The summed E-state index contributed by atoms with van der Waals surface area (Å²) in [5.41, 5.74) is 0. The molecule has 0 fully saturated rings. The van der Waals surface area contributed by atoms with Gasteiger partial charge in [0.05, 0.1) is 6.61 Å². The molecule has 1 rings (SSSR count). The molecule has 0 bridgehead atoms. The van der Waals surface area contributed by atoms with Gasteiger partial charge in [0.2, 0.25) is 0 Å². The molecule has 0 aromatic heterocycles. The summed E-state index contributed by atoms with van der Waals surface area (Å²) in [7, 11) is 0. The normalized spacial score (nSPS) is 12.5. The summed E-state index contributed by atoms with van der Waals surface area (Å²) in [5, 5.41) is 0. The van der Waals surface area contributed by atoms with E-state index in [9.17, 15) is 4.39 Å². The molecule has 1 aromatic rings. The van der Waals surface area contributed by atoms with Gasteiger partial charge in [0.25, 0.3) is 0 Å². The molecule has 0 heterocycles. The Bertz CT molecular complexity index is 294. The molecule has 1 nitrogen and oxygen atoms in total. The van der Waals surface area contributed by atoms with E-state index in [4.69, 9.17) is 4.74 Å². The predicted octanol–water partition coefficient (Wildman–Crippen LogP) is 4.40. The highest BCUT2D eigenvalue weighted by Gasteiger charge is 2.04. The Morgan fingerprint density at radius 3 is 2.73 bits per heavy atom. The third-order valence-electron chi connectivity index (χ3n) is 2.15. The molecule has 0 aliphatic carbocycles. The van der Waals surface area contributed by atoms with E-state index in [0.717, 1.165) is 12.8 Å². The zero-order chi connectivity index (χ0) is 11.3. The van der Waals surface area contributed by atoms with E-state index in [0.29, 0.717) is 22.7 Å². The highest BCUT2D eigenvalue weighted by molar-refractivity contribution is 9.10. The van der Waals surface area contributed by atoms with E-state index in [1.807, 2.05) is 0 Å². The fourth-order valence-electron chi connectivity index (χ4n) is 1.43. The number of halogens is 2. The van der Waals surface area contributed by atoms with Crippen LogP contribution in [0.4, 0.5) is 4.39 Å². The molecule has 84 valence electrons. The van der Waals surface area contributed by atoms with E-state index >= 15 is 0 Å². The molecule has 1 unspecified atom stereocenters. The maximum absolute atomic E-state index is 13.0. The first-order valence-corrected chi connectivity index (χ1v) is 6.00. The van der Waals surface area contributed by atoms with Crippen LogP contribution in [0, 0.1) is 11.7 Å². The molecule has 0 saturated carbocycles. The molecule has 0 aliphatic heterocycles. The van der Waals surface area contributed by atoms with Gasteiger partial charge in [-0.25, -0.2) is 4.39 Å².